The molecule has 1 saturated heterocycles. The highest BCUT2D eigenvalue weighted by molar-refractivity contribution is 6.30. The van der Waals surface area contributed by atoms with Crippen molar-refractivity contribution in [3.05, 3.63) is 143 Å². The smallest absolute Gasteiger partial charge is 0.225 e. The predicted molar refractivity (Wildman–Crippen MR) is 167 cm³/mol. The minimum absolute atomic E-state index is 0.000772. The number of nitrogens with zero attached hydrogens (tertiary/aromatic N) is 2. The molecule has 0 atom stereocenters. The van der Waals surface area contributed by atoms with Gasteiger partial charge in [-0.2, -0.15) is 4.98 Å². The van der Waals surface area contributed by atoms with Gasteiger partial charge < -0.3 is 14.4 Å². The number of hydrogen-bond donors (Lipinski definition) is 0. The maximum atomic E-state index is 15.6. The second kappa shape index (κ2) is 13.3. The molecule has 1 aliphatic rings. The molecule has 4 nitrogen and oxygen atoms in total. The van der Waals surface area contributed by atoms with Crippen LogP contribution in [0, 0.1) is 11.6 Å². The van der Waals surface area contributed by atoms with Crippen LogP contribution in [0.3, 0.4) is 0 Å². The normalized spacial score (nSPS) is 13.6. The summed E-state index contributed by atoms with van der Waals surface area (Å²) < 4.78 is 43.3. The first-order valence-corrected chi connectivity index (χ1v) is 14.8. The van der Waals surface area contributed by atoms with Crippen LogP contribution in [0.5, 0.6) is 11.8 Å². The minimum atomic E-state index is -0.613. The topological polar surface area (TPSA) is 34.6 Å². The third kappa shape index (κ3) is 6.98. The zero-order chi connectivity index (χ0) is 29.6. The number of ether oxygens (including phenoxy) is 2. The van der Waals surface area contributed by atoms with Crippen molar-refractivity contribution in [2.45, 2.75) is 32.0 Å². The van der Waals surface area contributed by atoms with E-state index in [-0.39, 0.29) is 18.2 Å². The molecular formula is C36H31ClF2N2O2. The van der Waals surface area contributed by atoms with Crippen molar-refractivity contribution >= 4 is 17.3 Å². The van der Waals surface area contributed by atoms with Crippen molar-refractivity contribution in [2.75, 3.05) is 18.0 Å². The zero-order valence-corrected chi connectivity index (χ0v) is 24.3. The monoisotopic (exact) mass is 596 g/mol. The zero-order valence-electron chi connectivity index (χ0n) is 23.6. The van der Waals surface area contributed by atoms with Crippen molar-refractivity contribution in [2.24, 2.45) is 0 Å². The fourth-order valence-corrected chi connectivity index (χ4v) is 5.61. The summed E-state index contributed by atoms with van der Waals surface area (Å²) in [7, 11) is 0. The minimum Gasteiger partial charge on any atom is -0.473 e. The first-order chi connectivity index (χ1) is 21.0. The first-order valence-electron chi connectivity index (χ1n) is 14.4. The molecule has 1 aromatic heterocycles. The molecule has 2 heterocycles. The molecule has 1 fully saturated rings. The Balaban J connectivity index is 1.23. The Morgan fingerprint density at radius 2 is 1.30 bits per heavy atom. The van der Waals surface area contributed by atoms with Crippen molar-refractivity contribution in [3.8, 4) is 22.9 Å². The highest BCUT2D eigenvalue weighted by Gasteiger charge is 2.26. The number of benzene rings is 4. The Labute approximate surface area is 255 Å². The molecule has 0 aliphatic carbocycles. The molecule has 1 aliphatic heterocycles. The second-order valence-electron chi connectivity index (χ2n) is 10.7. The number of pyridine rings is 1. The van der Waals surface area contributed by atoms with Crippen LogP contribution in [0.2, 0.25) is 5.02 Å². The highest BCUT2D eigenvalue weighted by Crippen LogP contribution is 2.38. The molecule has 0 radical (unpaired) electrons. The van der Waals surface area contributed by atoms with Crippen molar-refractivity contribution < 1.29 is 18.3 Å². The molecule has 4 aromatic carbocycles. The standard InChI is InChI=1S/C36H31ClF2N2O2/c37-30-13-11-27(12-14-30)28-17-19-41(20-18-28)35-32(38)21-29(22-33(35)39)31-15-16-34(42-23-25-7-3-1-4-8-25)40-36(31)43-24-26-9-5-2-6-10-26/h1-16,21-22,28H,17-20,23-24H2. The summed E-state index contributed by atoms with van der Waals surface area (Å²) in [6.07, 6.45) is 1.60. The SMILES string of the molecule is Fc1cc(-c2ccc(OCc3ccccc3)nc2OCc2ccccc2)cc(F)c1N1CCC(c2ccc(Cl)cc2)CC1. The van der Waals surface area contributed by atoms with Crippen molar-refractivity contribution in [1.29, 1.82) is 0 Å². The van der Waals surface area contributed by atoms with E-state index in [0.717, 1.165) is 24.0 Å². The molecule has 0 N–H and O–H groups in total. The van der Waals surface area contributed by atoms with Gasteiger partial charge in [-0.25, -0.2) is 8.78 Å². The lowest BCUT2D eigenvalue weighted by Crippen LogP contribution is -2.34. The summed E-state index contributed by atoms with van der Waals surface area (Å²) in [6.45, 7) is 1.69. The van der Waals surface area contributed by atoms with E-state index < -0.39 is 11.6 Å². The third-order valence-electron chi connectivity index (χ3n) is 7.76. The van der Waals surface area contributed by atoms with E-state index in [9.17, 15) is 0 Å². The average Bonchev–Trinajstić information content (AvgIpc) is 3.04. The van der Waals surface area contributed by atoms with E-state index in [1.807, 2.05) is 84.9 Å². The third-order valence-corrected chi connectivity index (χ3v) is 8.02. The number of rotatable bonds is 9. The predicted octanol–water partition coefficient (Wildman–Crippen LogP) is 9.22. The van der Waals surface area contributed by atoms with Crippen LogP contribution < -0.4 is 14.4 Å². The Bertz CT molecular complexity index is 1640. The molecule has 43 heavy (non-hydrogen) atoms. The number of hydrogen-bond acceptors (Lipinski definition) is 4. The van der Waals surface area contributed by atoms with E-state index in [2.05, 4.69) is 4.98 Å². The second-order valence-corrected chi connectivity index (χ2v) is 11.1. The van der Waals surface area contributed by atoms with Crippen molar-refractivity contribution in [1.82, 2.24) is 4.98 Å². The summed E-state index contributed by atoms with van der Waals surface area (Å²) in [5.41, 5.74) is 3.97. The van der Waals surface area contributed by atoms with Crippen LogP contribution in [0.1, 0.15) is 35.4 Å². The summed E-state index contributed by atoms with van der Waals surface area (Å²) >= 11 is 6.04. The fraction of sp³-hybridized carbons (Fsp3) is 0.194. The Morgan fingerprint density at radius 1 is 0.721 bits per heavy atom. The van der Waals surface area contributed by atoms with E-state index in [4.69, 9.17) is 21.1 Å². The molecule has 0 amide bonds. The van der Waals surface area contributed by atoms with Crippen LogP contribution >= 0.6 is 11.6 Å². The van der Waals surface area contributed by atoms with Crippen LogP contribution in [-0.4, -0.2) is 18.1 Å². The van der Waals surface area contributed by atoms with Gasteiger partial charge in [-0.3, -0.25) is 0 Å². The molecule has 6 rings (SSSR count). The molecule has 0 unspecified atom stereocenters. The lowest BCUT2D eigenvalue weighted by Gasteiger charge is -2.34. The lowest BCUT2D eigenvalue weighted by molar-refractivity contribution is 0.268. The molecule has 7 heteroatoms. The summed E-state index contributed by atoms with van der Waals surface area (Å²) in [5, 5.41) is 0.698. The maximum Gasteiger partial charge on any atom is 0.225 e. The number of piperidine rings is 1. The first kappa shape index (κ1) is 28.7. The van der Waals surface area contributed by atoms with E-state index in [1.54, 1.807) is 17.0 Å². The van der Waals surface area contributed by atoms with Gasteiger partial charge in [0.1, 0.15) is 30.5 Å². The molecular weight excluding hydrogens is 566 g/mol. The highest BCUT2D eigenvalue weighted by atomic mass is 35.5. The van der Waals surface area contributed by atoms with Gasteiger partial charge in [0.2, 0.25) is 11.8 Å². The fourth-order valence-electron chi connectivity index (χ4n) is 5.49. The van der Waals surface area contributed by atoms with Gasteiger partial charge in [0.15, 0.2) is 0 Å². The van der Waals surface area contributed by atoms with Gasteiger partial charge in [0.25, 0.3) is 0 Å². The molecule has 0 saturated carbocycles. The van der Waals surface area contributed by atoms with Gasteiger partial charge in [-0.05, 0) is 71.3 Å². The van der Waals surface area contributed by atoms with E-state index in [0.29, 0.717) is 47.6 Å². The number of aromatic nitrogens is 1. The van der Waals surface area contributed by atoms with Crippen LogP contribution in [-0.2, 0) is 13.2 Å². The van der Waals surface area contributed by atoms with Gasteiger partial charge in [-0.15, -0.1) is 0 Å². The summed E-state index contributed by atoms with van der Waals surface area (Å²) in [6, 6.07) is 33.4. The van der Waals surface area contributed by atoms with Crippen molar-refractivity contribution in [3.63, 3.8) is 0 Å². The maximum absolute atomic E-state index is 15.6. The summed E-state index contributed by atoms with van der Waals surface area (Å²) in [5.74, 6) is -0.296. The van der Waals surface area contributed by atoms with E-state index >= 15 is 8.78 Å². The van der Waals surface area contributed by atoms with Crippen LogP contribution in [0.4, 0.5) is 14.5 Å². The van der Waals surface area contributed by atoms with Gasteiger partial charge >= 0.3 is 0 Å². The lowest BCUT2D eigenvalue weighted by atomic mass is 9.89. The van der Waals surface area contributed by atoms with Crippen LogP contribution in [0.15, 0.2) is 109 Å². The molecule has 0 bridgehead atoms. The molecule has 5 aromatic rings. The quantitative estimate of drug-likeness (QED) is 0.170. The Kier molecular flexibility index (Phi) is 8.85. The van der Waals surface area contributed by atoms with Gasteiger partial charge in [-0.1, -0.05) is 84.4 Å². The summed E-state index contributed by atoms with van der Waals surface area (Å²) in [4.78, 5) is 6.38. The van der Waals surface area contributed by atoms with Gasteiger partial charge in [0, 0.05) is 29.7 Å². The average molecular weight is 597 g/mol. The molecule has 218 valence electrons. The largest absolute Gasteiger partial charge is 0.473 e. The molecule has 0 spiro atoms. The number of anilines is 1. The Hall–Kier alpha value is -4.42. The number of halogens is 3. The van der Waals surface area contributed by atoms with Crippen LogP contribution in [0.25, 0.3) is 11.1 Å². The van der Waals surface area contributed by atoms with E-state index in [1.165, 1.54) is 17.7 Å². The van der Waals surface area contributed by atoms with Gasteiger partial charge in [0.05, 0.1) is 0 Å². The Morgan fingerprint density at radius 3 is 1.91 bits per heavy atom.